The molecule has 8 heteroatoms. The number of aryl methyl sites for hydroxylation is 1. The van der Waals surface area contributed by atoms with Gasteiger partial charge in [0.05, 0.1) is 10.7 Å². The number of anilines is 1. The van der Waals surface area contributed by atoms with Crippen LogP contribution in [0.15, 0.2) is 54.6 Å². The van der Waals surface area contributed by atoms with Crippen LogP contribution in [0.1, 0.15) is 25.0 Å². The monoisotopic (exact) mass is 409 g/mol. The summed E-state index contributed by atoms with van der Waals surface area (Å²) < 4.78 is 5.17. The average Bonchev–Trinajstić information content (AvgIpc) is 3.14. The maximum absolute atomic E-state index is 12.5. The third-order valence-electron chi connectivity index (χ3n) is 3.96. The summed E-state index contributed by atoms with van der Waals surface area (Å²) in [6, 6.07) is 15.7. The molecular formula is C21H19N3O4S. The molecule has 0 spiro atoms. The second-order valence-corrected chi connectivity index (χ2v) is 7.26. The molecule has 2 amide bonds. The molecule has 0 aliphatic rings. The van der Waals surface area contributed by atoms with E-state index in [1.165, 1.54) is 11.3 Å². The molecule has 0 bridgehead atoms. The summed E-state index contributed by atoms with van der Waals surface area (Å²) in [6.07, 6.45) is 0. The SMILES string of the molecule is CNC(=O)c1ccc(NC(=O)COC(=O)c2sc(C)nc2-c2ccccc2)cc1. The van der Waals surface area contributed by atoms with Gasteiger partial charge in [-0.05, 0) is 31.2 Å². The Kier molecular flexibility index (Phi) is 6.36. The standard InChI is InChI=1S/C21H19N3O4S/c1-13-23-18(14-6-4-3-5-7-14)19(29-13)21(27)28-12-17(25)24-16-10-8-15(9-11-16)20(26)22-2/h3-11H,12H2,1-2H3,(H,22,26)(H,24,25). The predicted molar refractivity (Wildman–Crippen MR) is 111 cm³/mol. The molecule has 0 fully saturated rings. The predicted octanol–water partition coefficient (Wildman–Crippen LogP) is 3.27. The lowest BCUT2D eigenvalue weighted by Crippen LogP contribution is -2.21. The summed E-state index contributed by atoms with van der Waals surface area (Å²) in [5.74, 6) is -1.29. The number of benzene rings is 2. The van der Waals surface area contributed by atoms with Crippen molar-refractivity contribution >= 4 is 34.8 Å². The van der Waals surface area contributed by atoms with Crippen molar-refractivity contribution in [2.45, 2.75) is 6.92 Å². The molecule has 1 heterocycles. The summed E-state index contributed by atoms with van der Waals surface area (Å²) in [6.45, 7) is 1.38. The fourth-order valence-corrected chi connectivity index (χ4v) is 3.43. The number of esters is 1. The average molecular weight is 409 g/mol. The molecule has 0 saturated carbocycles. The lowest BCUT2D eigenvalue weighted by Gasteiger charge is -2.07. The van der Waals surface area contributed by atoms with Crippen LogP contribution in [0, 0.1) is 6.92 Å². The third-order valence-corrected chi connectivity index (χ3v) is 4.91. The van der Waals surface area contributed by atoms with Crippen LogP contribution in [0.25, 0.3) is 11.3 Å². The van der Waals surface area contributed by atoms with Crippen molar-refractivity contribution in [2.24, 2.45) is 0 Å². The molecule has 2 aromatic carbocycles. The van der Waals surface area contributed by atoms with Gasteiger partial charge in [0.25, 0.3) is 11.8 Å². The zero-order chi connectivity index (χ0) is 20.8. The number of amides is 2. The van der Waals surface area contributed by atoms with Crippen molar-refractivity contribution < 1.29 is 19.1 Å². The highest BCUT2D eigenvalue weighted by Gasteiger charge is 2.20. The van der Waals surface area contributed by atoms with Crippen molar-refractivity contribution in [3.63, 3.8) is 0 Å². The van der Waals surface area contributed by atoms with E-state index in [9.17, 15) is 14.4 Å². The van der Waals surface area contributed by atoms with Gasteiger partial charge in [0.2, 0.25) is 0 Å². The van der Waals surface area contributed by atoms with Crippen LogP contribution in [-0.4, -0.2) is 36.4 Å². The Bertz CT molecular complexity index is 1030. The first-order chi connectivity index (χ1) is 14.0. The van der Waals surface area contributed by atoms with E-state index in [1.807, 2.05) is 37.3 Å². The number of hydrogen-bond acceptors (Lipinski definition) is 6. The Hall–Kier alpha value is -3.52. The fourth-order valence-electron chi connectivity index (χ4n) is 2.60. The van der Waals surface area contributed by atoms with Crippen molar-refractivity contribution in [1.29, 1.82) is 0 Å². The lowest BCUT2D eigenvalue weighted by atomic mass is 10.1. The minimum Gasteiger partial charge on any atom is -0.451 e. The smallest absolute Gasteiger partial charge is 0.351 e. The van der Waals surface area contributed by atoms with Crippen molar-refractivity contribution in [2.75, 3.05) is 19.0 Å². The van der Waals surface area contributed by atoms with Crippen LogP contribution in [0.4, 0.5) is 5.69 Å². The molecule has 3 aromatic rings. The summed E-state index contributed by atoms with van der Waals surface area (Å²) in [4.78, 5) is 40.9. The second-order valence-electron chi connectivity index (χ2n) is 6.06. The Morgan fingerprint density at radius 1 is 1.03 bits per heavy atom. The highest BCUT2D eigenvalue weighted by atomic mass is 32.1. The summed E-state index contributed by atoms with van der Waals surface area (Å²) in [5, 5.41) is 5.88. The number of thiazole rings is 1. The first-order valence-corrected chi connectivity index (χ1v) is 9.61. The number of hydrogen-bond donors (Lipinski definition) is 2. The summed E-state index contributed by atoms with van der Waals surface area (Å²) >= 11 is 1.22. The molecule has 0 saturated heterocycles. The van der Waals surface area contributed by atoms with E-state index >= 15 is 0 Å². The molecule has 0 radical (unpaired) electrons. The number of carbonyl (C=O) groups excluding carboxylic acids is 3. The van der Waals surface area contributed by atoms with Crippen LogP contribution in [0.3, 0.4) is 0 Å². The van der Waals surface area contributed by atoms with Gasteiger partial charge in [-0.1, -0.05) is 30.3 Å². The normalized spacial score (nSPS) is 10.3. The van der Waals surface area contributed by atoms with E-state index in [0.717, 1.165) is 10.6 Å². The number of carbonyl (C=O) groups is 3. The van der Waals surface area contributed by atoms with Gasteiger partial charge < -0.3 is 15.4 Å². The highest BCUT2D eigenvalue weighted by molar-refractivity contribution is 7.14. The lowest BCUT2D eigenvalue weighted by molar-refractivity contribution is -0.119. The maximum Gasteiger partial charge on any atom is 0.351 e. The zero-order valence-electron chi connectivity index (χ0n) is 15.9. The molecule has 7 nitrogen and oxygen atoms in total. The van der Waals surface area contributed by atoms with Crippen LogP contribution in [0.2, 0.25) is 0 Å². The molecule has 3 rings (SSSR count). The molecule has 0 unspecified atom stereocenters. The zero-order valence-corrected chi connectivity index (χ0v) is 16.7. The van der Waals surface area contributed by atoms with Crippen molar-refractivity contribution in [1.82, 2.24) is 10.3 Å². The van der Waals surface area contributed by atoms with Gasteiger partial charge in [0.1, 0.15) is 4.88 Å². The molecular weight excluding hydrogens is 390 g/mol. The number of ether oxygens (including phenoxy) is 1. The topological polar surface area (TPSA) is 97.4 Å². The number of aromatic nitrogens is 1. The number of nitrogens with one attached hydrogen (secondary N) is 2. The molecule has 1 aromatic heterocycles. The van der Waals surface area contributed by atoms with Crippen LogP contribution >= 0.6 is 11.3 Å². The number of rotatable bonds is 6. The van der Waals surface area contributed by atoms with Gasteiger partial charge in [0.15, 0.2) is 6.61 Å². The second kappa shape index (κ2) is 9.11. The van der Waals surface area contributed by atoms with Crippen LogP contribution < -0.4 is 10.6 Å². The quantitative estimate of drug-likeness (QED) is 0.609. The Labute approximate surface area is 171 Å². The van der Waals surface area contributed by atoms with E-state index < -0.39 is 18.5 Å². The number of nitrogens with zero attached hydrogens (tertiary/aromatic N) is 1. The van der Waals surface area contributed by atoms with Crippen LogP contribution in [-0.2, 0) is 9.53 Å². The molecule has 0 aliphatic carbocycles. The Balaban J connectivity index is 1.61. The van der Waals surface area contributed by atoms with Crippen molar-refractivity contribution in [3.8, 4) is 11.3 Å². The van der Waals surface area contributed by atoms with Crippen molar-refractivity contribution in [3.05, 3.63) is 70.0 Å². The minimum atomic E-state index is -0.598. The largest absolute Gasteiger partial charge is 0.451 e. The van der Waals surface area contributed by atoms with Gasteiger partial charge >= 0.3 is 5.97 Å². The fraction of sp³-hybridized carbons (Fsp3) is 0.143. The molecule has 2 N–H and O–H groups in total. The van der Waals surface area contributed by atoms with Gasteiger partial charge in [-0.3, -0.25) is 9.59 Å². The van der Waals surface area contributed by atoms with Gasteiger partial charge in [0, 0.05) is 23.9 Å². The molecule has 0 atom stereocenters. The first-order valence-electron chi connectivity index (χ1n) is 8.80. The van der Waals surface area contributed by atoms with Gasteiger partial charge in [-0.2, -0.15) is 0 Å². The van der Waals surface area contributed by atoms with E-state index in [2.05, 4.69) is 15.6 Å². The molecule has 0 aliphatic heterocycles. The van der Waals surface area contributed by atoms with E-state index in [4.69, 9.17) is 4.74 Å². The van der Waals surface area contributed by atoms with E-state index in [-0.39, 0.29) is 5.91 Å². The van der Waals surface area contributed by atoms with E-state index in [1.54, 1.807) is 31.3 Å². The van der Waals surface area contributed by atoms with Gasteiger partial charge in [-0.15, -0.1) is 11.3 Å². The maximum atomic E-state index is 12.5. The molecule has 29 heavy (non-hydrogen) atoms. The highest BCUT2D eigenvalue weighted by Crippen LogP contribution is 2.28. The Morgan fingerprint density at radius 2 is 1.72 bits per heavy atom. The minimum absolute atomic E-state index is 0.217. The first kappa shape index (κ1) is 20.2. The Morgan fingerprint density at radius 3 is 2.38 bits per heavy atom. The van der Waals surface area contributed by atoms with E-state index in [0.29, 0.717) is 21.8 Å². The summed E-state index contributed by atoms with van der Waals surface area (Å²) in [5.41, 5.74) is 2.33. The third kappa shape index (κ3) is 5.05. The van der Waals surface area contributed by atoms with Gasteiger partial charge in [-0.25, -0.2) is 9.78 Å². The van der Waals surface area contributed by atoms with Crippen LogP contribution in [0.5, 0.6) is 0 Å². The molecule has 148 valence electrons. The summed E-state index contributed by atoms with van der Waals surface area (Å²) in [7, 11) is 1.54.